The van der Waals surface area contributed by atoms with E-state index in [2.05, 4.69) is 104 Å². The molecule has 0 aliphatic carbocycles. The van der Waals surface area contributed by atoms with Crippen molar-refractivity contribution in [2.75, 3.05) is 19.8 Å². The van der Waals surface area contributed by atoms with Gasteiger partial charge < -0.3 is 20.1 Å². The fraction of sp³-hybridized carbons (Fsp3) is 0.415. The molecule has 4 rings (SSSR count). The Kier molecular flexibility index (Phi) is 11.3. The molecule has 0 heterocycles. The molecule has 0 spiro atoms. The van der Waals surface area contributed by atoms with Crippen molar-refractivity contribution in [2.45, 2.75) is 85.2 Å². The van der Waals surface area contributed by atoms with E-state index in [1.165, 1.54) is 22.3 Å². The van der Waals surface area contributed by atoms with Crippen LogP contribution in [0, 0.1) is 5.41 Å². The number of aliphatic hydroxyl groups is 3. The predicted octanol–water partition coefficient (Wildman–Crippen LogP) is 9.60. The van der Waals surface area contributed by atoms with Gasteiger partial charge in [0, 0.05) is 11.1 Å². The fourth-order valence-electron chi connectivity index (χ4n) is 6.13. The first-order chi connectivity index (χ1) is 21.5. The lowest BCUT2D eigenvalue weighted by molar-refractivity contribution is -0.0738. The molecule has 0 radical (unpaired) electrons. The van der Waals surface area contributed by atoms with Crippen LogP contribution in [0.3, 0.4) is 0 Å². The van der Waals surface area contributed by atoms with Gasteiger partial charge >= 0.3 is 0 Å². The number of ether oxygens (including phenoxy) is 1. The van der Waals surface area contributed by atoms with Crippen molar-refractivity contribution in [3.63, 3.8) is 0 Å². The van der Waals surface area contributed by atoms with Crippen molar-refractivity contribution in [1.82, 2.24) is 0 Å². The van der Waals surface area contributed by atoms with Crippen molar-refractivity contribution < 1.29 is 20.1 Å². The molecule has 0 aliphatic rings. The third-order valence-electron chi connectivity index (χ3n) is 9.18. The van der Waals surface area contributed by atoms with Gasteiger partial charge in [-0.05, 0) is 68.7 Å². The first-order valence-electron chi connectivity index (χ1n) is 16.4. The molecule has 1 unspecified atom stereocenters. The summed E-state index contributed by atoms with van der Waals surface area (Å²) in [7, 11) is 0. The van der Waals surface area contributed by atoms with Crippen molar-refractivity contribution in [3.05, 3.63) is 113 Å². The molecule has 240 valence electrons. The molecule has 0 aliphatic heterocycles. The van der Waals surface area contributed by atoms with Gasteiger partial charge in [-0.1, -0.05) is 134 Å². The van der Waals surface area contributed by atoms with Gasteiger partial charge in [0.1, 0.15) is 11.9 Å². The number of para-hydroxylation sites is 1. The average molecular weight is 609 g/mol. The Morgan fingerprint density at radius 1 is 0.489 bits per heavy atom. The minimum Gasteiger partial charge on any atom is -0.484 e. The van der Waals surface area contributed by atoms with E-state index >= 15 is 0 Å². The van der Waals surface area contributed by atoms with Gasteiger partial charge in [0.2, 0.25) is 0 Å². The van der Waals surface area contributed by atoms with Crippen LogP contribution >= 0.6 is 0 Å². The standard InChI is InChI=1S/C41H52O4/c1-26(2)30-17-19-33(37(21-30)28(5)6)32-13-9-10-15-36(32)40(41(23-42,24-43)25-44)45-39-16-12-11-14-35(39)34-20-18-31(27(3)4)22-38(34)29(7)8/h9-22,26-29,40,42-44H,23-25H2,1-8H3. The van der Waals surface area contributed by atoms with Gasteiger partial charge in [-0.3, -0.25) is 0 Å². The van der Waals surface area contributed by atoms with Crippen LogP contribution < -0.4 is 4.74 Å². The first kappa shape index (κ1) is 34.4. The van der Waals surface area contributed by atoms with E-state index < -0.39 is 31.3 Å². The topological polar surface area (TPSA) is 69.9 Å². The number of rotatable bonds is 13. The highest BCUT2D eigenvalue weighted by Crippen LogP contribution is 2.46. The summed E-state index contributed by atoms with van der Waals surface area (Å²) in [5.41, 5.74) is 8.56. The molecule has 1 atom stereocenters. The zero-order valence-electron chi connectivity index (χ0n) is 28.3. The number of hydrogen-bond donors (Lipinski definition) is 3. The van der Waals surface area contributed by atoms with E-state index in [1.807, 2.05) is 36.4 Å². The van der Waals surface area contributed by atoms with E-state index in [9.17, 15) is 15.3 Å². The van der Waals surface area contributed by atoms with Crippen molar-refractivity contribution >= 4 is 0 Å². The Bertz CT molecular complexity index is 1550. The fourth-order valence-corrected chi connectivity index (χ4v) is 6.13. The van der Waals surface area contributed by atoms with E-state index in [4.69, 9.17) is 4.74 Å². The van der Waals surface area contributed by atoms with E-state index in [1.54, 1.807) is 0 Å². The highest BCUT2D eigenvalue weighted by molar-refractivity contribution is 5.75. The van der Waals surface area contributed by atoms with Crippen LogP contribution in [0.15, 0.2) is 84.9 Å². The summed E-state index contributed by atoms with van der Waals surface area (Å²) in [6, 6.07) is 29.3. The van der Waals surface area contributed by atoms with Crippen LogP contribution in [0.4, 0.5) is 0 Å². The first-order valence-corrected chi connectivity index (χ1v) is 16.4. The molecule has 3 N–H and O–H groups in total. The minimum absolute atomic E-state index is 0.272. The predicted molar refractivity (Wildman–Crippen MR) is 187 cm³/mol. The van der Waals surface area contributed by atoms with Crippen LogP contribution in [0.5, 0.6) is 5.75 Å². The third kappa shape index (κ3) is 7.19. The number of benzene rings is 4. The van der Waals surface area contributed by atoms with Gasteiger partial charge in [0.15, 0.2) is 0 Å². The summed E-state index contributed by atoms with van der Waals surface area (Å²) in [6.07, 6.45) is -0.850. The molecule has 4 heteroatoms. The minimum atomic E-state index is -1.35. The second-order valence-electron chi connectivity index (χ2n) is 13.7. The molecular formula is C41H52O4. The number of aliphatic hydroxyl groups excluding tert-OH is 3. The lowest BCUT2D eigenvalue weighted by Crippen LogP contribution is -2.43. The molecule has 4 aromatic rings. The van der Waals surface area contributed by atoms with Gasteiger partial charge in [-0.15, -0.1) is 0 Å². The van der Waals surface area contributed by atoms with Gasteiger partial charge in [0.25, 0.3) is 0 Å². The molecule has 4 nitrogen and oxygen atoms in total. The lowest BCUT2D eigenvalue weighted by Gasteiger charge is -2.38. The number of hydrogen-bond acceptors (Lipinski definition) is 4. The maximum atomic E-state index is 10.8. The summed E-state index contributed by atoms with van der Waals surface area (Å²) in [5.74, 6) is 2.01. The van der Waals surface area contributed by atoms with Crippen molar-refractivity contribution in [1.29, 1.82) is 0 Å². The SMILES string of the molecule is CC(C)c1ccc(-c2ccccc2OC(c2ccccc2-c2ccc(C(C)C)cc2C(C)C)C(CO)(CO)CO)c(C(C)C)c1. The van der Waals surface area contributed by atoms with Crippen LogP contribution in [0.1, 0.15) is 113 Å². The van der Waals surface area contributed by atoms with E-state index in [0.29, 0.717) is 17.6 Å². The molecule has 0 aromatic heterocycles. The summed E-state index contributed by atoms with van der Waals surface area (Å²) >= 11 is 0. The highest BCUT2D eigenvalue weighted by Gasteiger charge is 2.42. The Morgan fingerprint density at radius 3 is 1.38 bits per heavy atom. The largest absolute Gasteiger partial charge is 0.484 e. The van der Waals surface area contributed by atoms with Crippen LogP contribution in [0.2, 0.25) is 0 Å². The molecule has 0 bridgehead atoms. The molecule has 4 aromatic carbocycles. The van der Waals surface area contributed by atoms with Crippen molar-refractivity contribution in [3.8, 4) is 28.0 Å². The second kappa shape index (κ2) is 14.8. The highest BCUT2D eigenvalue weighted by atomic mass is 16.5. The Morgan fingerprint density at radius 2 is 0.911 bits per heavy atom. The molecule has 0 amide bonds. The Hall–Kier alpha value is -3.44. The van der Waals surface area contributed by atoms with Crippen LogP contribution in [-0.4, -0.2) is 35.1 Å². The molecule has 0 saturated heterocycles. The summed E-state index contributed by atoms with van der Waals surface area (Å²) in [6.45, 7) is 16.3. The quantitative estimate of drug-likeness (QED) is 0.141. The Labute approximate surface area is 270 Å². The smallest absolute Gasteiger partial charge is 0.137 e. The zero-order valence-corrected chi connectivity index (χ0v) is 28.3. The van der Waals surface area contributed by atoms with Crippen LogP contribution in [0.25, 0.3) is 22.3 Å². The summed E-state index contributed by atoms with van der Waals surface area (Å²) in [4.78, 5) is 0. The lowest BCUT2D eigenvalue weighted by atomic mass is 9.77. The van der Waals surface area contributed by atoms with Gasteiger partial charge in [-0.25, -0.2) is 0 Å². The van der Waals surface area contributed by atoms with Crippen molar-refractivity contribution in [2.24, 2.45) is 5.41 Å². The zero-order chi connectivity index (χ0) is 32.9. The van der Waals surface area contributed by atoms with E-state index in [-0.39, 0.29) is 11.8 Å². The van der Waals surface area contributed by atoms with Gasteiger partial charge in [0.05, 0.1) is 25.2 Å². The van der Waals surface area contributed by atoms with Gasteiger partial charge in [-0.2, -0.15) is 0 Å². The Balaban J connectivity index is 1.95. The second-order valence-corrected chi connectivity index (χ2v) is 13.7. The monoisotopic (exact) mass is 608 g/mol. The summed E-state index contributed by atoms with van der Waals surface area (Å²) in [5, 5.41) is 32.3. The third-order valence-corrected chi connectivity index (χ3v) is 9.18. The molecular weight excluding hydrogens is 556 g/mol. The maximum absolute atomic E-state index is 10.8. The molecule has 0 fully saturated rings. The van der Waals surface area contributed by atoms with E-state index in [0.717, 1.165) is 27.8 Å². The summed E-state index contributed by atoms with van der Waals surface area (Å²) < 4.78 is 6.98. The normalized spacial score (nSPS) is 12.9. The molecule has 0 saturated carbocycles. The average Bonchev–Trinajstić information content (AvgIpc) is 3.04. The molecule has 45 heavy (non-hydrogen) atoms. The maximum Gasteiger partial charge on any atom is 0.137 e. The van der Waals surface area contributed by atoms with Crippen LogP contribution in [-0.2, 0) is 0 Å².